The van der Waals surface area contributed by atoms with Crippen LogP contribution in [-0.2, 0) is 6.42 Å². The first-order chi connectivity index (χ1) is 7.24. The fourth-order valence-electron chi connectivity index (χ4n) is 1.43. The van der Waals surface area contributed by atoms with E-state index >= 15 is 0 Å². The monoisotopic (exact) mass is 270 g/mol. The van der Waals surface area contributed by atoms with Crippen molar-refractivity contribution in [2.75, 3.05) is 33.7 Å². The van der Waals surface area contributed by atoms with E-state index in [0.717, 1.165) is 26.1 Å². The van der Waals surface area contributed by atoms with Crippen LogP contribution in [0, 0.1) is 0 Å². The topological polar surface area (TPSA) is 15.3 Å². The van der Waals surface area contributed by atoms with Crippen LogP contribution in [-0.4, -0.2) is 38.6 Å². The van der Waals surface area contributed by atoms with Gasteiger partial charge in [-0.1, -0.05) is 34.1 Å². The minimum atomic E-state index is 1.05. The van der Waals surface area contributed by atoms with Crippen molar-refractivity contribution in [3.8, 4) is 0 Å². The number of hydrogen-bond donors (Lipinski definition) is 1. The Hall–Kier alpha value is -0.380. The molecule has 1 rings (SSSR count). The Morgan fingerprint density at radius 2 is 2.00 bits per heavy atom. The van der Waals surface area contributed by atoms with Crippen LogP contribution in [0.3, 0.4) is 0 Å². The summed E-state index contributed by atoms with van der Waals surface area (Å²) in [5, 5.41) is 3.16. The van der Waals surface area contributed by atoms with E-state index in [1.807, 2.05) is 7.05 Å². The molecule has 0 aliphatic carbocycles. The van der Waals surface area contributed by atoms with Crippen molar-refractivity contribution in [2.45, 2.75) is 6.42 Å². The number of hydrogen-bond acceptors (Lipinski definition) is 2. The molecular formula is C12H19BrN2. The summed E-state index contributed by atoms with van der Waals surface area (Å²) in [5.74, 6) is 0. The van der Waals surface area contributed by atoms with Crippen LogP contribution >= 0.6 is 15.9 Å². The van der Waals surface area contributed by atoms with E-state index in [4.69, 9.17) is 0 Å². The lowest BCUT2D eigenvalue weighted by atomic mass is 10.1. The van der Waals surface area contributed by atoms with E-state index < -0.39 is 0 Å². The van der Waals surface area contributed by atoms with Gasteiger partial charge in [-0.05, 0) is 32.1 Å². The first kappa shape index (κ1) is 12.7. The zero-order valence-corrected chi connectivity index (χ0v) is 11.0. The second kappa shape index (κ2) is 6.99. The average molecular weight is 271 g/mol. The van der Waals surface area contributed by atoms with E-state index in [2.05, 4.69) is 57.5 Å². The number of nitrogens with one attached hydrogen (secondary N) is 1. The normalized spacial score (nSPS) is 10.9. The highest BCUT2D eigenvalue weighted by molar-refractivity contribution is 9.10. The van der Waals surface area contributed by atoms with E-state index in [-0.39, 0.29) is 0 Å². The minimum absolute atomic E-state index is 1.05. The van der Waals surface area contributed by atoms with Gasteiger partial charge in [0.05, 0.1) is 0 Å². The molecule has 3 heteroatoms. The largest absolute Gasteiger partial charge is 0.318 e. The van der Waals surface area contributed by atoms with Crippen LogP contribution in [0.5, 0.6) is 0 Å². The molecule has 1 aromatic carbocycles. The van der Waals surface area contributed by atoms with Gasteiger partial charge in [-0.15, -0.1) is 0 Å². The highest BCUT2D eigenvalue weighted by Crippen LogP contribution is 2.16. The third-order valence-electron chi connectivity index (χ3n) is 2.46. The highest BCUT2D eigenvalue weighted by atomic mass is 79.9. The van der Waals surface area contributed by atoms with E-state index in [9.17, 15) is 0 Å². The Balaban J connectivity index is 2.33. The lowest BCUT2D eigenvalue weighted by Crippen LogP contribution is -2.29. The zero-order chi connectivity index (χ0) is 11.1. The minimum Gasteiger partial charge on any atom is -0.318 e. The highest BCUT2D eigenvalue weighted by Gasteiger charge is 2.01. The standard InChI is InChI=1S/C12H19BrN2/c1-14-8-10-15(2)9-7-11-5-3-4-6-12(11)13/h3-6,14H,7-10H2,1-2H3. The summed E-state index contributed by atoms with van der Waals surface area (Å²) in [7, 11) is 4.15. The van der Waals surface area contributed by atoms with Gasteiger partial charge in [-0.3, -0.25) is 0 Å². The first-order valence-corrected chi connectivity index (χ1v) is 6.10. The Bertz CT molecular complexity index is 289. The van der Waals surface area contributed by atoms with Crippen LogP contribution in [0.15, 0.2) is 28.7 Å². The maximum Gasteiger partial charge on any atom is 0.0207 e. The maximum atomic E-state index is 3.57. The van der Waals surface area contributed by atoms with Gasteiger partial charge < -0.3 is 10.2 Å². The lowest BCUT2D eigenvalue weighted by molar-refractivity contribution is 0.339. The summed E-state index contributed by atoms with van der Waals surface area (Å²) in [6.45, 7) is 3.25. The predicted molar refractivity (Wildman–Crippen MR) is 69.3 cm³/mol. The molecule has 0 heterocycles. The third kappa shape index (κ3) is 4.78. The van der Waals surface area contributed by atoms with Gasteiger partial charge in [0.2, 0.25) is 0 Å². The molecule has 84 valence electrons. The van der Waals surface area contributed by atoms with Crippen LogP contribution in [0.25, 0.3) is 0 Å². The second-order valence-corrected chi connectivity index (χ2v) is 4.60. The van der Waals surface area contributed by atoms with Crippen molar-refractivity contribution >= 4 is 15.9 Å². The van der Waals surface area contributed by atoms with Crippen molar-refractivity contribution in [1.29, 1.82) is 0 Å². The van der Waals surface area contributed by atoms with Crippen molar-refractivity contribution < 1.29 is 0 Å². The van der Waals surface area contributed by atoms with Crippen molar-refractivity contribution in [3.05, 3.63) is 34.3 Å². The summed E-state index contributed by atoms with van der Waals surface area (Å²) >= 11 is 3.57. The molecule has 0 saturated heterocycles. The number of benzene rings is 1. The Labute approximate surface area is 101 Å². The van der Waals surface area contributed by atoms with E-state index in [0.29, 0.717) is 0 Å². The van der Waals surface area contributed by atoms with Crippen molar-refractivity contribution in [2.24, 2.45) is 0 Å². The molecule has 2 nitrogen and oxygen atoms in total. The molecule has 0 bridgehead atoms. The van der Waals surface area contributed by atoms with Crippen LogP contribution in [0.1, 0.15) is 5.56 Å². The SMILES string of the molecule is CNCCN(C)CCc1ccccc1Br. The van der Waals surface area contributed by atoms with Gasteiger partial charge in [0, 0.05) is 24.1 Å². The summed E-state index contributed by atoms with van der Waals surface area (Å²) in [6.07, 6.45) is 1.10. The van der Waals surface area contributed by atoms with Gasteiger partial charge in [0.1, 0.15) is 0 Å². The fourth-order valence-corrected chi connectivity index (χ4v) is 1.91. The van der Waals surface area contributed by atoms with Gasteiger partial charge in [-0.2, -0.15) is 0 Å². The van der Waals surface area contributed by atoms with Gasteiger partial charge in [-0.25, -0.2) is 0 Å². The van der Waals surface area contributed by atoms with Crippen LogP contribution in [0.4, 0.5) is 0 Å². The predicted octanol–water partition coefficient (Wildman–Crippen LogP) is 2.14. The molecule has 0 radical (unpaired) electrons. The third-order valence-corrected chi connectivity index (χ3v) is 3.24. The van der Waals surface area contributed by atoms with Gasteiger partial charge >= 0.3 is 0 Å². The van der Waals surface area contributed by atoms with Crippen molar-refractivity contribution in [3.63, 3.8) is 0 Å². The number of halogens is 1. The van der Waals surface area contributed by atoms with Crippen molar-refractivity contribution in [1.82, 2.24) is 10.2 Å². The van der Waals surface area contributed by atoms with E-state index in [1.165, 1.54) is 10.0 Å². The molecule has 0 aliphatic rings. The smallest absolute Gasteiger partial charge is 0.0207 e. The second-order valence-electron chi connectivity index (χ2n) is 3.75. The number of nitrogens with zero attached hydrogens (tertiary/aromatic N) is 1. The molecule has 1 aromatic rings. The van der Waals surface area contributed by atoms with Crippen LogP contribution in [0.2, 0.25) is 0 Å². The average Bonchev–Trinajstić information content (AvgIpc) is 2.25. The van der Waals surface area contributed by atoms with Gasteiger partial charge in [0.25, 0.3) is 0 Å². The fraction of sp³-hybridized carbons (Fsp3) is 0.500. The summed E-state index contributed by atoms with van der Waals surface area (Å²) in [4.78, 5) is 2.34. The van der Waals surface area contributed by atoms with Crippen LogP contribution < -0.4 is 5.32 Å². The molecule has 0 aromatic heterocycles. The molecule has 0 fully saturated rings. The Morgan fingerprint density at radius 3 is 2.67 bits per heavy atom. The molecule has 0 amide bonds. The molecule has 0 spiro atoms. The van der Waals surface area contributed by atoms with Gasteiger partial charge in [0.15, 0.2) is 0 Å². The molecule has 0 atom stereocenters. The number of rotatable bonds is 6. The Morgan fingerprint density at radius 1 is 1.27 bits per heavy atom. The molecule has 1 N–H and O–H groups in total. The zero-order valence-electron chi connectivity index (χ0n) is 9.46. The molecular weight excluding hydrogens is 252 g/mol. The molecule has 0 unspecified atom stereocenters. The first-order valence-electron chi connectivity index (χ1n) is 5.30. The Kier molecular flexibility index (Phi) is 5.91. The lowest BCUT2D eigenvalue weighted by Gasteiger charge is -2.16. The maximum absolute atomic E-state index is 3.57. The molecule has 15 heavy (non-hydrogen) atoms. The van der Waals surface area contributed by atoms with E-state index in [1.54, 1.807) is 0 Å². The summed E-state index contributed by atoms with van der Waals surface area (Å²) in [5.41, 5.74) is 1.38. The molecule has 0 aliphatic heterocycles. The molecule has 0 saturated carbocycles. The summed E-state index contributed by atoms with van der Waals surface area (Å²) < 4.78 is 1.21. The summed E-state index contributed by atoms with van der Waals surface area (Å²) in [6, 6.07) is 8.42. The number of likely N-dealkylation sites (N-methyl/N-ethyl adjacent to an activating group) is 2. The quantitative estimate of drug-likeness (QED) is 0.852.